The quantitative estimate of drug-likeness (QED) is 0.763. The summed E-state index contributed by atoms with van der Waals surface area (Å²) in [4.78, 5) is 15.4. The Labute approximate surface area is 128 Å². The van der Waals surface area contributed by atoms with Crippen LogP contribution in [0.1, 0.15) is 15.9 Å². The lowest BCUT2D eigenvalue weighted by atomic mass is 10.1. The van der Waals surface area contributed by atoms with Gasteiger partial charge in [0.05, 0.1) is 21.2 Å². The van der Waals surface area contributed by atoms with Gasteiger partial charge >= 0.3 is 5.97 Å². The zero-order valence-electron chi connectivity index (χ0n) is 11.0. The first-order chi connectivity index (χ1) is 9.99. The fourth-order valence-electron chi connectivity index (χ4n) is 2.30. The molecular weight excluding hydrogens is 339 g/mol. The van der Waals surface area contributed by atoms with Crippen molar-refractivity contribution in [1.82, 2.24) is 9.55 Å². The molecule has 0 saturated heterocycles. The highest BCUT2D eigenvalue weighted by Crippen LogP contribution is 2.27. The number of nitrogens with zero attached hydrogens (tertiary/aromatic N) is 2. The van der Waals surface area contributed by atoms with Gasteiger partial charge in [-0.1, -0.05) is 6.07 Å². The molecule has 3 rings (SSSR count). The average Bonchev–Trinajstić information content (AvgIpc) is 2.86. The number of carbonyl (C=O) groups is 1. The summed E-state index contributed by atoms with van der Waals surface area (Å²) in [5.74, 6) is -1.37. The van der Waals surface area contributed by atoms with Crippen LogP contribution in [0.25, 0.3) is 16.7 Å². The molecule has 3 aromatic rings. The molecule has 4 nitrogen and oxygen atoms in total. The van der Waals surface area contributed by atoms with Gasteiger partial charge in [-0.25, -0.2) is 14.2 Å². The second-order valence-corrected chi connectivity index (χ2v) is 5.50. The molecule has 0 aliphatic carbocycles. The molecule has 106 valence electrons. The molecule has 2 aromatic carbocycles. The summed E-state index contributed by atoms with van der Waals surface area (Å²) in [6.45, 7) is 1.79. The third-order valence-electron chi connectivity index (χ3n) is 3.31. The van der Waals surface area contributed by atoms with Crippen LogP contribution in [0.15, 0.2) is 41.1 Å². The van der Waals surface area contributed by atoms with Gasteiger partial charge in [0.2, 0.25) is 0 Å². The van der Waals surface area contributed by atoms with E-state index in [0.717, 1.165) is 11.3 Å². The zero-order valence-corrected chi connectivity index (χ0v) is 12.6. The molecule has 0 amide bonds. The maximum absolute atomic E-state index is 13.5. The first-order valence-corrected chi connectivity index (χ1v) is 6.93. The van der Waals surface area contributed by atoms with Crippen molar-refractivity contribution in [2.24, 2.45) is 0 Å². The minimum Gasteiger partial charge on any atom is -0.478 e. The Kier molecular flexibility index (Phi) is 3.25. The average molecular weight is 349 g/mol. The summed E-state index contributed by atoms with van der Waals surface area (Å²) in [6, 6.07) is 8.03. The zero-order chi connectivity index (χ0) is 15.1. The Hall–Kier alpha value is -2.21. The van der Waals surface area contributed by atoms with Crippen molar-refractivity contribution in [3.8, 4) is 5.69 Å². The van der Waals surface area contributed by atoms with Crippen LogP contribution < -0.4 is 0 Å². The highest BCUT2D eigenvalue weighted by Gasteiger charge is 2.15. The number of hydrogen-bond acceptors (Lipinski definition) is 2. The Balaban J connectivity index is 2.30. The molecule has 1 aromatic heterocycles. The van der Waals surface area contributed by atoms with E-state index in [2.05, 4.69) is 20.9 Å². The second-order valence-electron chi connectivity index (χ2n) is 4.65. The summed E-state index contributed by atoms with van der Waals surface area (Å²) in [5.41, 5.74) is 2.69. The van der Waals surface area contributed by atoms with E-state index < -0.39 is 5.97 Å². The molecule has 0 spiro atoms. The third-order valence-corrected chi connectivity index (χ3v) is 3.91. The van der Waals surface area contributed by atoms with Crippen molar-refractivity contribution >= 4 is 32.9 Å². The van der Waals surface area contributed by atoms with E-state index in [1.54, 1.807) is 36.0 Å². The fraction of sp³-hybridized carbons (Fsp3) is 0.0667. The monoisotopic (exact) mass is 348 g/mol. The predicted molar refractivity (Wildman–Crippen MR) is 80.4 cm³/mol. The Morgan fingerprint density at radius 1 is 1.38 bits per heavy atom. The van der Waals surface area contributed by atoms with Gasteiger partial charge in [0.15, 0.2) is 0 Å². The number of aromatic carboxylic acids is 1. The number of carboxylic acid groups (broad SMARTS) is 1. The largest absolute Gasteiger partial charge is 0.478 e. The molecule has 1 N–H and O–H groups in total. The van der Waals surface area contributed by atoms with E-state index in [1.165, 1.54) is 12.1 Å². The highest BCUT2D eigenvalue weighted by molar-refractivity contribution is 9.10. The number of carboxylic acids is 1. The van der Waals surface area contributed by atoms with Gasteiger partial charge < -0.3 is 5.11 Å². The van der Waals surface area contributed by atoms with Gasteiger partial charge in [-0.3, -0.25) is 4.57 Å². The van der Waals surface area contributed by atoms with Crippen LogP contribution >= 0.6 is 15.9 Å². The molecule has 0 atom stereocenters. The molecule has 0 fully saturated rings. The van der Waals surface area contributed by atoms with Gasteiger partial charge in [0.1, 0.15) is 17.7 Å². The number of halogens is 2. The molecule has 0 aliphatic heterocycles. The van der Waals surface area contributed by atoms with Crippen molar-refractivity contribution in [2.45, 2.75) is 6.92 Å². The summed E-state index contributed by atoms with van der Waals surface area (Å²) in [5, 5.41) is 9.19. The maximum atomic E-state index is 13.5. The Bertz CT molecular complexity index is 873. The molecule has 0 bridgehead atoms. The Morgan fingerprint density at radius 3 is 2.86 bits per heavy atom. The van der Waals surface area contributed by atoms with E-state index in [9.17, 15) is 14.3 Å². The van der Waals surface area contributed by atoms with Gasteiger partial charge in [-0.05, 0) is 52.7 Å². The topological polar surface area (TPSA) is 55.1 Å². The van der Waals surface area contributed by atoms with E-state index in [1.807, 2.05) is 0 Å². The van der Waals surface area contributed by atoms with Crippen molar-refractivity contribution in [1.29, 1.82) is 0 Å². The minimum absolute atomic E-state index is 0.144. The smallest absolute Gasteiger partial charge is 0.337 e. The SMILES string of the molecule is Cc1cc(F)c(Br)cc1-n1cnc2c(C(=O)O)cccc21. The van der Waals surface area contributed by atoms with Crippen LogP contribution in [-0.4, -0.2) is 20.6 Å². The third kappa shape index (κ3) is 2.21. The van der Waals surface area contributed by atoms with Crippen LogP contribution in [0.5, 0.6) is 0 Å². The van der Waals surface area contributed by atoms with Crippen molar-refractivity contribution in [2.75, 3.05) is 0 Å². The lowest BCUT2D eigenvalue weighted by molar-refractivity contribution is 0.0699. The summed E-state index contributed by atoms with van der Waals surface area (Å²) in [6.07, 6.45) is 1.55. The van der Waals surface area contributed by atoms with E-state index in [-0.39, 0.29) is 11.4 Å². The lowest BCUT2D eigenvalue weighted by Gasteiger charge is -2.09. The van der Waals surface area contributed by atoms with Gasteiger partial charge in [-0.2, -0.15) is 0 Å². The molecule has 6 heteroatoms. The first kappa shape index (κ1) is 13.8. The van der Waals surface area contributed by atoms with Crippen molar-refractivity contribution in [3.63, 3.8) is 0 Å². The van der Waals surface area contributed by atoms with E-state index in [0.29, 0.717) is 15.5 Å². The van der Waals surface area contributed by atoms with Gasteiger partial charge in [-0.15, -0.1) is 0 Å². The van der Waals surface area contributed by atoms with Gasteiger partial charge in [0.25, 0.3) is 0 Å². The van der Waals surface area contributed by atoms with Crippen LogP contribution in [0, 0.1) is 12.7 Å². The molecule has 0 aliphatic rings. The van der Waals surface area contributed by atoms with Crippen LogP contribution in [0.2, 0.25) is 0 Å². The molecule has 0 unspecified atom stereocenters. The summed E-state index contributed by atoms with van der Waals surface area (Å²) >= 11 is 3.16. The van der Waals surface area contributed by atoms with Crippen molar-refractivity contribution < 1.29 is 14.3 Å². The number of aromatic nitrogens is 2. The van der Waals surface area contributed by atoms with Crippen LogP contribution in [0.3, 0.4) is 0 Å². The standard InChI is InChI=1S/C15H10BrFN2O2/c1-8-5-11(17)10(16)6-13(8)19-7-18-14-9(15(20)21)3-2-4-12(14)19/h2-7H,1H3,(H,20,21). The molecule has 0 saturated carbocycles. The number of para-hydroxylation sites is 1. The Morgan fingerprint density at radius 2 is 2.14 bits per heavy atom. The summed E-state index contributed by atoms with van der Waals surface area (Å²) in [7, 11) is 0. The second kappa shape index (κ2) is 4.96. The first-order valence-electron chi connectivity index (χ1n) is 6.14. The normalized spacial score (nSPS) is 11.0. The highest BCUT2D eigenvalue weighted by atomic mass is 79.9. The number of rotatable bonds is 2. The predicted octanol–water partition coefficient (Wildman–Crippen LogP) is 3.93. The van der Waals surface area contributed by atoms with Crippen molar-refractivity contribution in [3.05, 3.63) is 58.1 Å². The summed E-state index contributed by atoms with van der Waals surface area (Å²) < 4.78 is 15.6. The maximum Gasteiger partial charge on any atom is 0.337 e. The van der Waals surface area contributed by atoms with Crippen LogP contribution in [0.4, 0.5) is 4.39 Å². The molecule has 1 heterocycles. The molecular formula is C15H10BrFN2O2. The minimum atomic E-state index is -1.03. The lowest BCUT2D eigenvalue weighted by Crippen LogP contribution is -1.99. The van der Waals surface area contributed by atoms with Gasteiger partial charge in [0, 0.05) is 0 Å². The van der Waals surface area contributed by atoms with Crippen LogP contribution in [-0.2, 0) is 0 Å². The number of fused-ring (bicyclic) bond motifs is 1. The number of hydrogen-bond donors (Lipinski definition) is 1. The number of imidazole rings is 1. The number of aryl methyl sites for hydroxylation is 1. The fourth-order valence-corrected chi connectivity index (χ4v) is 2.63. The van der Waals surface area contributed by atoms with E-state index in [4.69, 9.17) is 0 Å². The molecule has 0 radical (unpaired) electrons. The van der Waals surface area contributed by atoms with E-state index >= 15 is 0 Å². The molecule has 21 heavy (non-hydrogen) atoms. The number of benzene rings is 2.